The fraction of sp³-hybridized carbons (Fsp3) is 0.500. The Labute approximate surface area is 175 Å². The second kappa shape index (κ2) is 6.42. The first-order chi connectivity index (χ1) is 13.5. The van der Waals surface area contributed by atoms with Gasteiger partial charge in [0.05, 0.1) is 6.61 Å². The number of benzene rings is 2. The fourth-order valence-electron chi connectivity index (χ4n) is 4.12. The highest BCUT2D eigenvalue weighted by molar-refractivity contribution is 6.74. The molecule has 0 N–H and O–H groups in total. The van der Waals surface area contributed by atoms with Crippen molar-refractivity contribution in [3.05, 3.63) is 65.7 Å². The lowest BCUT2D eigenvalue weighted by molar-refractivity contribution is -0.619. The van der Waals surface area contributed by atoms with E-state index in [1.165, 1.54) is 0 Å². The number of hydrogen-bond donors (Lipinski definition) is 0. The van der Waals surface area contributed by atoms with Gasteiger partial charge in [-0.15, -0.1) is 0 Å². The van der Waals surface area contributed by atoms with Gasteiger partial charge in [0, 0.05) is 11.0 Å². The van der Waals surface area contributed by atoms with Gasteiger partial charge in [-0.3, -0.25) is 0 Å². The summed E-state index contributed by atoms with van der Waals surface area (Å²) < 4.78 is 12.9. The van der Waals surface area contributed by atoms with Crippen LogP contribution in [0, 0.1) is 5.41 Å². The van der Waals surface area contributed by atoms with Crippen LogP contribution in [0.25, 0.3) is 0 Å². The van der Waals surface area contributed by atoms with E-state index in [1.807, 2.05) is 36.4 Å². The van der Waals surface area contributed by atoms with Gasteiger partial charge in [-0.1, -0.05) is 77.1 Å². The van der Waals surface area contributed by atoms with Gasteiger partial charge in [-0.25, -0.2) is 4.89 Å². The van der Waals surface area contributed by atoms with Crippen molar-refractivity contribution in [1.29, 1.82) is 0 Å². The van der Waals surface area contributed by atoms with Crippen LogP contribution < -0.4 is 4.43 Å². The Balaban J connectivity index is 1.77. The molecule has 156 valence electrons. The van der Waals surface area contributed by atoms with Crippen LogP contribution in [0.15, 0.2) is 54.6 Å². The maximum atomic E-state index is 6.55. The SMILES string of the molecule is CC1(C)COC2(c3cccc(O[Si](C)(C)C(C)(C)C)c3)OOC12c1ccccc1. The fourth-order valence-corrected chi connectivity index (χ4v) is 5.14. The molecule has 2 aliphatic heterocycles. The normalized spacial score (nSPS) is 28.5. The molecule has 0 aliphatic carbocycles. The highest BCUT2D eigenvalue weighted by atomic mass is 28.4. The second-order valence-corrected chi connectivity index (χ2v) is 15.1. The first kappa shape index (κ1) is 20.6. The zero-order valence-electron chi connectivity index (χ0n) is 18.5. The van der Waals surface area contributed by atoms with E-state index in [0.717, 1.165) is 16.9 Å². The average Bonchev–Trinajstić information content (AvgIpc) is 2.77. The molecular formula is C24H32O4Si. The molecule has 0 bridgehead atoms. The Hall–Kier alpha value is -1.66. The highest BCUT2D eigenvalue weighted by Gasteiger charge is 2.78. The van der Waals surface area contributed by atoms with Crippen LogP contribution in [0.4, 0.5) is 0 Å². The minimum atomic E-state index is -1.96. The van der Waals surface area contributed by atoms with E-state index >= 15 is 0 Å². The summed E-state index contributed by atoms with van der Waals surface area (Å²) in [7, 11) is -1.96. The largest absolute Gasteiger partial charge is 0.543 e. The first-order valence-corrected chi connectivity index (χ1v) is 13.2. The number of ether oxygens (including phenoxy) is 1. The Morgan fingerprint density at radius 1 is 0.897 bits per heavy atom. The lowest BCUT2D eigenvalue weighted by Gasteiger charge is -2.55. The summed E-state index contributed by atoms with van der Waals surface area (Å²) in [6.45, 7) is 16.1. The third kappa shape index (κ3) is 2.82. The van der Waals surface area contributed by atoms with Gasteiger partial charge in [0.25, 0.3) is 5.79 Å². The molecule has 2 aromatic rings. The van der Waals surface area contributed by atoms with Gasteiger partial charge in [-0.05, 0) is 35.8 Å². The van der Waals surface area contributed by atoms with Crippen LogP contribution in [0.5, 0.6) is 5.75 Å². The van der Waals surface area contributed by atoms with Crippen molar-refractivity contribution in [3.63, 3.8) is 0 Å². The van der Waals surface area contributed by atoms with Crippen LogP contribution in [-0.4, -0.2) is 14.9 Å². The van der Waals surface area contributed by atoms with Gasteiger partial charge in [0.2, 0.25) is 8.32 Å². The van der Waals surface area contributed by atoms with E-state index in [2.05, 4.69) is 65.9 Å². The zero-order chi connectivity index (χ0) is 21.1. The molecule has 2 aromatic carbocycles. The molecule has 0 saturated carbocycles. The van der Waals surface area contributed by atoms with Crippen LogP contribution in [0.3, 0.4) is 0 Å². The van der Waals surface area contributed by atoms with Gasteiger partial charge in [-0.2, -0.15) is 4.89 Å². The highest BCUT2D eigenvalue weighted by Crippen LogP contribution is 2.68. The van der Waals surface area contributed by atoms with Crippen LogP contribution >= 0.6 is 0 Å². The van der Waals surface area contributed by atoms with Crippen molar-refractivity contribution >= 4 is 8.32 Å². The second-order valence-electron chi connectivity index (χ2n) is 10.4. The lowest BCUT2D eigenvalue weighted by atomic mass is 9.66. The maximum absolute atomic E-state index is 6.55. The predicted octanol–water partition coefficient (Wildman–Crippen LogP) is 6.14. The summed E-state index contributed by atoms with van der Waals surface area (Å²) in [5, 5.41) is 0.122. The molecule has 5 heteroatoms. The third-order valence-electron chi connectivity index (χ3n) is 6.91. The van der Waals surface area contributed by atoms with Gasteiger partial charge in [0.1, 0.15) is 5.75 Å². The minimum absolute atomic E-state index is 0.122. The quantitative estimate of drug-likeness (QED) is 0.447. The molecular weight excluding hydrogens is 380 g/mol. The summed E-state index contributed by atoms with van der Waals surface area (Å²) in [5.41, 5.74) is 1.01. The van der Waals surface area contributed by atoms with Crippen LogP contribution in [0.1, 0.15) is 45.7 Å². The molecule has 4 rings (SSSR count). The van der Waals surface area contributed by atoms with Crippen molar-refractivity contribution in [3.8, 4) is 5.75 Å². The van der Waals surface area contributed by atoms with Crippen molar-refractivity contribution in [2.75, 3.05) is 6.61 Å². The molecule has 29 heavy (non-hydrogen) atoms. The molecule has 0 aromatic heterocycles. The van der Waals surface area contributed by atoms with E-state index in [0.29, 0.717) is 6.61 Å². The first-order valence-electron chi connectivity index (χ1n) is 10.3. The third-order valence-corrected chi connectivity index (χ3v) is 11.3. The molecule has 0 radical (unpaired) electrons. The maximum Gasteiger partial charge on any atom is 0.265 e. The van der Waals surface area contributed by atoms with Crippen LogP contribution in [-0.2, 0) is 25.9 Å². The smallest absolute Gasteiger partial charge is 0.265 e. The molecule has 0 amide bonds. The van der Waals surface area contributed by atoms with E-state index in [1.54, 1.807) is 0 Å². The Bertz CT molecular complexity index is 903. The molecule has 2 atom stereocenters. The van der Waals surface area contributed by atoms with Gasteiger partial charge >= 0.3 is 0 Å². The molecule has 2 heterocycles. The number of hydrogen-bond acceptors (Lipinski definition) is 4. The topological polar surface area (TPSA) is 36.9 Å². The van der Waals surface area contributed by atoms with E-state index in [9.17, 15) is 0 Å². The van der Waals surface area contributed by atoms with E-state index in [-0.39, 0.29) is 10.5 Å². The van der Waals surface area contributed by atoms with Crippen molar-refractivity contribution < 1.29 is 18.9 Å². The summed E-state index contributed by atoms with van der Waals surface area (Å²) in [6, 6.07) is 18.4. The molecule has 0 spiro atoms. The monoisotopic (exact) mass is 412 g/mol. The van der Waals surface area contributed by atoms with Crippen molar-refractivity contribution in [2.45, 2.75) is 64.1 Å². The van der Waals surface area contributed by atoms with Gasteiger partial charge in [0.15, 0.2) is 5.60 Å². The van der Waals surface area contributed by atoms with Gasteiger partial charge < -0.3 is 9.16 Å². The van der Waals surface area contributed by atoms with Crippen LogP contribution in [0.2, 0.25) is 18.1 Å². The Morgan fingerprint density at radius 3 is 2.14 bits per heavy atom. The number of rotatable bonds is 4. The summed E-state index contributed by atoms with van der Waals surface area (Å²) in [5.74, 6) is -0.126. The Morgan fingerprint density at radius 2 is 1.55 bits per heavy atom. The molecule has 4 nitrogen and oxygen atoms in total. The molecule has 2 saturated heterocycles. The minimum Gasteiger partial charge on any atom is -0.543 e. The van der Waals surface area contributed by atoms with E-state index in [4.69, 9.17) is 18.9 Å². The lowest BCUT2D eigenvalue weighted by Crippen LogP contribution is -2.64. The van der Waals surface area contributed by atoms with Crippen molar-refractivity contribution in [1.82, 2.24) is 0 Å². The average molecular weight is 413 g/mol. The molecule has 2 unspecified atom stereocenters. The van der Waals surface area contributed by atoms with Crippen molar-refractivity contribution in [2.24, 2.45) is 5.41 Å². The predicted molar refractivity (Wildman–Crippen MR) is 116 cm³/mol. The molecule has 2 fully saturated rings. The summed E-state index contributed by atoms with van der Waals surface area (Å²) in [6.07, 6.45) is 0. The Kier molecular flexibility index (Phi) is 4.56. The number of fused-ring (bicyclic) bond motifs is 1. The zero-order valence-corrected chi connectivity index (χ0v) is 19.5. The molecule has 2 aliphatic rings. The summed E-state index contributed by atoms with van der Waals surface area (Å²) >= 11 is 0. The van der Waals surface area contributed by atoms with E-state index < -0.39 is 19.7 Å². The standard InChI is InChI=1S/C24H32O4Si/c1-21(2,3)29(6,7)26-20-15-11-14-19(16-20)24-23(27-28-24,22(4,5)17-25-24)18-12-9-8-10-13-18/h8-16H,17H2,1-7H3. The summed E-state index contributed by atoms with van der Waals surface area (Å²) in [4.78, 5) is 11.7.